The summed E-state index contributed by atoms with van der Waals surface area (Å²) in [6.07, 6.45) is 7.41. The van der Waals surface area contributed by atoms with Gasteiger partial charge in [-0.1, -0.05) is 48.6 Å². The second kappa shape index (κ2) is 9.62. The van der Waals surface area contributed by atoms with Gasteiger partial charge in [0, 0.05) is 22.7 Å². The van der Waals surface area contributed by atoms with E-state index in [-0.39, 0.29) is 11.9 Å². The van der Waals surface area contributed by atoms with Gasteiger partial charge < -0.3 is 4.42 Å². The average molecular weight is 477 g/mol. The lowest BCUT2D eigenvalue weighted by molar-refractivity contribution is -0.124. The summed E-state index contributed by atoms with van der Waals surface area (Å²) in [5.74, 6) is 1.41. The Kier molecular flexibility index (Phi) is 6.43. The molecule has 5 rings (SSSR count). The molecule has 0 atom stereocenters. The fourth-order valence-corrected chi connectivity index (χ4v) is 5.45. The molecule has 2 heterocycles. The van der Waals surface area contributed by atoms with E-state index in [1.807, 2.05) is 71.6 Å². The summed E-state index contributed by atoms with van der Waals surface area (Å²) in [4.78, 5) is 20.9. The van der Waals surface area contributed by atoms with Gasteiger partial charge in [0.1, 0.15) is 11.5 Å². The Hall–Kier alpha value is -2.76. The predicted octanol–water partition coefficient (Wildman–Crippen LogP) is 7.85. The molecule has 0 spiro atoms. The summed E-state index contributed by atoms with van der Waals surface area (Å²) in [7, 11) is 0. The lowest BCUT2D eigenvalue weighted by atomic mass is 9.94. The van der Waals surface area contributed by atoms with Crippen LogP contribution in [0.3, 0.4) is 0 Å². The highest BCUT2D eigenvalue weighted by Crippen LogP contribution is 2.39. The fraction of sp³-hybridized carbons (Fsp3) is 0.259. The maximum atomic E-state index is 13.5. The van der Waals surface area contributed by atoms with E-state index in [1.165, 1.54) is 23.7 Å². The van der Waals surface area contributed by atoms with Crippen molar-refractivity contribution in [2.45, 2.75) is 45.1 Å². The number of benzene rings is 2. The maximum Gasteiger partial charge on any atom is 0.267 e. The number of nitrogens with zero attached hydrogens (tertiary/aromatic N) is 2. The normalized spacial score (nSPS) is 19.7. The Balaban J connectivity index is 1.45. The summed E-state index contributed by atoms with van der Waals surface area (Å²) in [6, 6.07) is 19.6. The molecule has 33 heavy (non-hydrogen) atoms. The van der Waals surface area contributed by atoms with Crippen molar-refractivity contribution < 1.29 is 9.21 Å². The van der Waals surface area contributed by atoms with Gasteiger partial charge in [0.05, 0.1) is 10.6 Å². The maximum absolute atomic E-state index is 13.5. The lowest BCUT2D eigenvalue weighted by Crippen LogP contribution is -2.40. The standard InChI is InChI=1S/C27H25ClN2O2S/c1-18-7-13-21(14-8-18)29-27-30(22-5-3-2-4-6-22)26(31)25(33-27)17-23-15-16-24(32-23)19-9-11-20(28)12-10-19/h7-17,22H,2-6H2,1H3/b25-17+,29-27?. The zero-order valence-electron chi connectivity index (χ0n) is 18.5. The van der Waals surface area contributed by atoms with Crippen molar-refractivity contribution in [1.82, 2.24) is 4.90 Å². The third-order valence-corrected chi connectivity index (χ3v) is 7.30. The SMILES string of the molecule is Cc1ccc(N=C2S/C(=C/c3ccc(-c4ccc(Cl)cc4)o3)C(=O)N2C2CCCCC2)cc1. The third-order valence-electron chi connectivity index (χ3n) is 6.06. The molecule has 1 saturated carbocycles. The zero-order chi connectivity index (χ0) is 22.8. The van der Waals surface area contributed by atoms with Gasteiger partial charge in [-0.3, -0.25) is 9.69 Å². The molecule has 0 N–H and O–H groups in total. The van der Waals surface area contributed by atoms with Gasteiger partial charge >= 0.3 is 0 Å². The van der Waals surface area contributed by atoms with Crippen LogP contribution in [0.15, 0.2) is 75.0 Å². The predicted molar refractivity (Wildman–Crippen MR) is 137 cm³/mol. The van der Waals surface area contributed by atoms with Crippen LogP contribution in [0.25, 0.3) is 17.4 Å². The smallest absolute Gasteiger partial charge is 0.267 e. The first kappa shape index (κ1) is 22.1. The lowest BCUT2D eigenvalue weighted by Gasteiger charge is -2.30. The van der Waals surface area contributed by atoms with Gasteiger partial charge in [0.15, 0.2) is 5.17 Å². The van der Waals surface area contributed by atoms with Crippen molar-refractivity contribution >= 4 is 46.2 Å². The number of thioether (sulfide) groups is 1. The van der Waals surface area contributed by atoms with Crippen molar-refractivity contribution in [3.05, 3.63) is 81.9 Å². The molecule has 4 nitrogen and oxygen atoms in total. The van der Waals surface area contributed by atoms with E-state index in [0.717, 1.165) is 47.9 Å². The first-order valence-electron chi connectivity index (χ1n) is 11.3. The van der Waals surface area contributed by atoms with Crippen LogP contribution in [0.2, 0.25) is 5.02 Å². The van der Waals surface area contributed by atoms with Crippen LogP contribution in [0.1, 0.15) is 43.4 Å². The number of amides is 1. The highest BCUT2D eigenvalue weighted by Gasteiger charge is 2.38. The number of aliphatic imine (C=N–C) groups is 1. The highest BCUT2D eigenvalue weighted by molar-refractivity contribution is 8.18. The topological polar surface area (TPSA) is 45.8 Å². The first-order valence-corrected chi connectivity index (χ1v) is 12.5. The molecule has 0 unspecified atom stereocenters. The molecule has 1 saturated heterocycles. The first-order chi connectivity index (χ1) is 16.1. The number of hydrogen-bond acceptors (Lipinski definition) is 4. The fourth-order valence-electron chi connectivity index (χ4n) is 4.28. The van der Waals surface area contributed by atoms with Gasteiger partial charge in [-0.05, 0) is 80.1 Å². The van der Waals surface area contributed by atoms with E-state index in [0.29, 0.717) is 15.7 Å². The van der Waals surface area contributed by atoms with Crippen LogP contribution >= 0.6 is 23.4 Å². The molecule has 6 heteroatoms. The van der Waals surface area contributed by atoms with E-state index < -0.39 is 0 Å². The number of rotatable bonds is 4. The summed E-state index contributed by atoms with van der Waals surface area (Å²) in [5.41, 5.74) is 2.99. The largest absolute Gasteiger partial charge is 0.457 e. The summed E-state index contributed by atoms with van der Waals surface area (Å²) in [5, 5.41) is 1.44. The Labute approximate surface area is 203 Å². The third kappa shape index (κ3) is 4.94. The zero-order valence-corrected chi connectivity index (χ0v) is 20.0. The number of halogens is 1. The van der Waals surface area contributed by atoms with Crippen LogP contribution in [0.4, 0.5) is 5.69 Å². The van der Waals surface area contributed by atoms with E-state index in [1.54, 1.807) is 0 Å². The minimum atomic E-state index is 0.0159. The molecule has 1 aliphatic heterocycles. The number of furan rings is 1. The molecular formula is C27H25ClN2O2S. The number of hydrogen-bond donors (Lipinski definition) is 0. The van der Waals surface area contributed by atoms with E-state index in [9.17, 15) is 4.79 Å². The summed E-state index contributed by atoms with van der Waals surface area (Å²) >= 11 is 7.43. The second-order valence-electron chi connectivity index (χ2n) is 8.52. The van der Waals surface area contributed by atoms with Crippen molar-refractivity contribution in [3.63, 3.8) is 0 Å². The quantitative estimate of drug-likeness (QED) is 0.360. The van der Waals surface area contributed by atoms with Gasteiger partial charge in [0.25, 0.3) is 5.91 Å². The molecule has 3 aromatic rings. The summed E-state index contributed by atoms with van der Waals surface area (Å²) < 4.78 is 6.02. The van der Waals surface area contributed by atoms with Crippen LogP contribution in [0, 0.1) is 6.92 Å². The molecule has 0 bridgehead atoms. The molecule has 0 radical (unpaired) electrons. The molecule has 1 amide bonds. The van der Waals surface area contributed by atoms with Crippen LogP contribution in [-0.4, -0.2) is 22.0 Å². The van der Waals surface area contributed by atoms with Crippen molar-refractivity contribution in [1.29, 1.82) is 0 Å². The molecule has 168 valence electrons. The molecule has 2 aliphatic rings. The highest BCUT2D eigenvalue weighted by atomic mass is 35.5. The minimum absolute atomic E-state index is 0.0159. The molecule has 1 aromatic heterocycles. The summed E-state index contributed by atoms with van der Waals surface area (Å²) in [6.45, 7) is 2.06. The van der Waals surface area contributed by atoms with Crippen LogP contribution < -0.4 is 0 Å². The van der Waals surface area contributed by atoms with Gasteiger partial charge in [0.2, 0.25) is 0 Å². The Morgan fingerprint density at radius 1 is 1.00 bits per heavy atom. The Morgan fingerprint density at radius 3 is 2.45 bits per heavy atom. The molecule has 2 fully saturated rings. The molecule has 2 aromatic carbocycles. The van der Waals surface area contributed by atoms with Gasteiger partial charge in [-0.15, -0.1) is 0 Å². The van der Waals surface area contributed by atoms with E-state index >= 15 is 0 Å². The van der Waals surface area contributed by atoms with E-state index in [4.69, 9.17) is 21.0 Å². The van der Waals surface area contributed by atoms with Gasteiger partial charge in [-0.25, -0.2) is 4.99 Å². The van der Waals surface area contributed by atoms with Crippen molar-refractivity contribution in [2.24, 2.45) is 4.99 Å². The second-order valence-corrected chi connectivity index (χ2v) is 9.96. The van der Waals surface area contributed by atoms with Crippen LogP contribution in [-0.2, 0) is 4.79 Å². The van der Waals surface area contributed by atoms with Crippen molar-refractivity contribution in [3.8, 4) is 11.3 Å². The van der Waals surface area contributed by atoms with E-state index in [2.05, 4.69) is 6.92 Å². The number of carbonyl (C=O) groups excluding carboxylic acids is 1. The van der Waals surface area contributed by atoms with Crippen molar-refractivity contribution in [2.75, 3.05) is 0 Å². The number of aryl methyl sites for hydroxylation is 1. The Morgan fingerprint density at radius 2 is 1.73 bits per heavy atom. The monoisotopic (exact) mass is 476 g/mol. The number of carbonyl (C=O) groups is 1. The Bertz CT molecular complexity index is 1210. The molecular weight excluding hydrogens is 452 g/mol. The number of amidine groups is 1. The minimum Gasteiger partial charge on any atom is -0.457 e. The average Bonchev–Trinajstić information content (AvgIpc) is 3.41. The van der Waals surface area contributed by atoms with Crippen LogP contribution in [0.5, 0.6) is 0 Å². The van der Waals surface area contributed by atoms with Gasteiger partial charge in [-0.2, -0.15) is 0 Å². The molecule has 1 aliphatic carbocycles.